The zero-order valence-electron chi connectivity index (χ0n) is 13.8. The Morgan fingerprint density at radius 3 is 2.19 bits per heavy atom. The lowest BCUT2D eigenvalue weighted by Gasteiger charge is -2.08. The Balaban J connectivity index is 1.78. The fourth-order valence-corrected chi connectivity index (χ4v) is 2.12. The van der Waals surface area contributed by atoms with Crippen molar-refractivity contribution in [1.82, 2.24) is 5.32 Å². The summed E-state index contributed by atoms with van der Waals surface area (Å²) in [5.74, 6) is -0.317. The van der Waals surface area contributed by atoms with Gasteiger partial charge in [-0.2, -0.15) is 8.78 Å². The number of primary amides is 1. The molecule has 0 aliphatic heterocycles. The number of ether oxygens (including phenoxy) is 2. The third-order valence-electron chi connectivity index (χ3n) is 3.35. The van der Waals surface area contributed by atoms with E-state index in [-0.39, 0.29) is 18.3 Å². The van der Waals surface area contributed by atoms with E-state index in [0.717, 1.165) is 5.56 Å². The molecule has 0 saturated heterocycles. The standard InChI is InChI=1S/C18H18F2N2O4/c19-18(20)26-15-5-1-12(2-6-15)9-10-22-17(24)13-3-7-14(8-4-13)25-11-16(21)23/h1-8,18H,9-11H2,(H2,21,23)(H,22,24). The van der Waals surface area contributed by atoms with Crippen molar-refractivity contribution in [3.8, 4) is 11.5 Å². The molecule has 2 rings (SSSR count). The summed E-state index contributed by atoms with van der Waals surface area (Å²) >= 11 is 0. The largest absolute Gasteiger partial charge is 0.484 e. The van der Waals surface area contributed by atoms with E-state index in [2.05, 4.69) is 10.1 Å². The van der Waals surface area contributed by atoms with Crippen molar-refractivity contribution >= 4 is 11.8 Å². The first-order valence-electron chi connectivity index (χ1n) is 7.77. The van der Waals surface area contributed by atoms with Gasteiger partial charge in [0.15, 0.2) is 6.61 Å². The maximum absolute atomic E-state index is 12.1. The smallest absolute Gasteiger partial charge is 0.387 e. The van der Waals surface area contributed by atoms with Gasteiger partial charge in [-0.05, 0) is 48.4 Å². The molecule has 8 heteroatoms. The Morgan fingerprint density at radius 1 is 1.00 bits per heavy atom. The minimum Gasteiger partial charge on any atom is -0.484 e. The number of alkyl halides is 2. The van der Waals surface area contributed by atoms with Gasteiger partial charge in [0.2, 0.25) is 0 Å². The van der Waals surface area contributed by atoms with Gasteiger partial charge >= 0.3 is 6.61 Å². The maximum atomic E-state index is 12.1. The van der Waals surface area contributed by atoms with E-state index in [0.29, 0.717) is 24.3 Å². The quantitative estimate of drug-likeness (QED) is 0.713. The van der Waals surface area contributed by atoms with E-state index in [1.54, 1.807) is 36.4 Å². The molecule has 0 aliphatic carbocycles. The Kier molecular flexibility index (Phi) is 6.90. The van der Waals surface area contributed by atoms with Gasteiger partial charge in [-0.1, -0.05) is 12.1 Å². The predicted octanol–water partition coefficient (Wildman–Crippen LogP) is 2.12. The summed E-state index contributed by atoms with van der Waals surface area (Å²) in [4.78, 5) is 22.7. The second kappa shape index (κ2) is 9.36. The van der Waals surface area contributed by atoms with Crippen LogP contribution in [0.25, 0.3) is 0 Å². The van der Waals surface area contributed by atoms with E-state index >= 15 is 0 Å². The third kappa shape index (κ3) is 6.39. The number of nitrogens with two attached hydrogens (primary N) is 1. The molecular formula is C18H18F2N2O4. The molecule has 26 heavy (non-hydrogen) atoms. The molecule has 0 unspecified atom stereocenters. The number of halogens is 2. The van der Waals surface area contributed by atoms with E-state index in [4.69, 9.17) is 10.5 Å². The molecule has 0 radical (unpaired) electrons. The summed E-state index contributed by atoms with van der Waals surface area (Å²) < 4.78 is 33.5. The van der Waals surface area contributed by atoms with Crippen molar-refractivity contribution in [2.45, 2.75) is 13.0 Å². The molecule has 0 saturated carbocycles. The molecule has 0 spiro atoms. The van der Waals surface area contributed by atoms with Gasteiger partial charge in [0.25, 0.3) is 11.8 Å². The summed E-state index contributed by atoms with van der Waals surface area (Å²) in [6.07, 6.45) is 0.542. The molecule has 0 aliphatic rings. The highest BCUT2D eigenvalue weighted by Gasteiger charge is 2.07. The van der Waals surface area contributed by atoms with Crippen LogP contribution in [0.1, 0.15) is 15.9 Å². The minimum absolute atomic E-state index is 0.0893. The van der Waals surface area contributed by atoms with Gasteiger partial charge in [0.05, 0.1) is 0 Å². The normalized spacial score (nSPS) is 10.4. The first kappa shape index (κ1) is 19.2. The number of hydrogen-bond donors (Lipinski definition) is 2. The monoisotopic (exact) mass is 364 g/mol. The number of amides is 2. The summed E-state index contributed by atoms with van der Waals surface area (Å²) in [6.45, 7) is -2.70. The van der Waals surface area contributed by atoms with E-state index in [9.17, 15) is 18.4 Å². The van der Waals surface area contributed by atoms with Crippen molar-refractivity contribution in [2.24, 2.45) is 5.73 Å². The second-order valence-corrected chi connectivity index (χ2v) is 5.31. The molecule has 138 valence electrons. The van der Waals surface area contributed by atoms with Crippen molar-refractivity contribution in [1.29, 1.82) is 0 Å². The fraction of sp³-hybridized carbons (Fsp3) is 0.222. The van der Waals surface area contributed by atoms with Crippen LogP contribution in [0.4, 0.5) is 8.78 Å². The van der Waals surface area contributed by atoms with Crippen LogP contribution in [0.2, 0.25) is 0 Å². The lowest BCUT2D eigenvalue weighted by atomic mass is 10.1. The highest BCUT2D eigenvalue weighted by atomic mass is 19.3. The zero-order chi connectivity index (χ0) is 18.9. The Morgan fingerprint density at radius 2 is 1.62 bits per heavy atom. The molecule has 0 heterocycles. The number of benzene rings is 2. The Hall–Kier alpha value is -3.16. The summed E-state index contributed by atoms with van der Waals surface area (Å²) in [5.41, 5.74) is 6.30. The van der Waals surface area contributed by atoms with Gasteiger partial charge in [-0.3, -0.25) is 9.59 Å². The Labute approximate surface area is 148 Å². The molecule has 6 nitrogen and oxygen atoms in total. The Bertz CT molecular complexity index is 734. The van der Waals surface area contributed by atoms with Crippen LogP contribution in [0.5, 0.6) is 11.5 Å². The SMILES string of the molecule is NC(=O)COc1ccc(C(=O)NCCc2ccc(OC(F)F)cc2)cc1. The first-order valence-corrected chi connectivity index (χ1v) is 7.77. The molecule has 3 N–H and O–H groups in total. The molecule has 0 fully saturated rings. The molecule has 0 aromatic heterocycles. The third-order valence-corrected chi connectivity index (χ3v) is 3.35. The number of hydrogen-bond acceptors (Lipinski definition) is 4. The van der Waals surface area contributed by atoms with E-state index in [1.807, 2.05) is 0 Å². The summed E-state index contributed by atoms with van der Waals surface area (Å²) in [6, 6.07) is 12.5. The molecule has 2 amide bonds. The molecule has 2 aromatic carbocycles. The van der Waals surface area contributed by atoms with Crippen LogP contribution in [-0.2, 0) is 11.2 Å². The van der Waals surface area contributed by atoms with Gasteiger partial charge < -0.3 is 20.5 Å². The number of rotatable bonds is 9. The van der Waals surface area contributed by atoms with Crippen molar-refractivity contribution in [3.05, 3.63) is 59.7 Å². The van der Waals surface area contributed by atoms with E-state index in [1.165, 1.54) is 12.1 Å². The number of nitrogens with one attached hydrogen (secondary N) is 1. The predicted molar refractivity (Wildman–Crippen MR) is 90.2 cm³/mol. The topological polar surface area (TPSA) is 90.7 Å². The average molecular weight is 364 g/mol. The van der Waals surface area contributed by atoms with Crippen molar-refractivity contribution < 1.29 is 27.8 Å². The zero-order valence-corrected chi connectivity index (χ0v) is 13.8. The van der Waals surface area contributed by atoms with Gasteiger partial charge in [-0.25, -0.2) is 0 Å². The van der Waals surface area contributed by atoms with Gasteiger partial charge in [0, 0.05) is 12.1 Å². The summed E-state index contributed by atoms with van der Waals surface area (Å²) in [5, 5.41) is 2.76. The van der Waals surface area contributed by atoms with Crippen molar-refractivity contribution in [3.63, 3.8) is 0 Å². The van der Waals surface area contributed by atoms with Gasteiger partial charge in [-0.15, -0.1) is 0 Å². The number of carbonyl (C=O) groups is 2. The average Bonchev–Trinajstić information content (AvgIpc) is 2.61. The van der Waals surface area contributed by atoms with Crippen LogP contribution in [0.15, 0.2) is 48.5 Å². The fourth-order valence-electron chi connectivity index (χ4n) is 2.12. The molecule has 0 bridgehead atoms. The van der Waals surface area contributed by atoms with Crippen LogP contribution >= 0.6 is 0 Å². The van der Waals surface area contributed by atoms with Crippen LogP contribution in [-0.4, -0.2) is 31.6 Å². The first-order chi connectivity index (χ1) is 12.4. The summed E-state index contributed by atoms with van der Waals surface area (Å²) in [7, 11) is 0. The lowest BCUT2D eigenvalue weighted by molar-refractivity contribution is -0.119. The van der Waals surface area contributed by atoms with Gasteiger partial charge in [0.1, 0.15) is 11.5 Å². The molecule has 2 aromatic rings. The highest BCUT2D eigenvalue weighted by Crippen LogP contribution is 2.15. The van der Waals surface area contributed by atoms with Crippen LogP contribution in [0.3, 0.4) is 0 Å². The van der Waals surface area contributed by atoms with Crippen LogP contribution in [0, 0.1) is 0 Å². The second-order valence-electron chi connectivity index (χ2n) is 5.31. The number of carbonyl (C=O) groups excluding carboxylic acids is 2. The van der Waals surface area contributed by atoms with E-state index < -0.39 is 12.5 Å². The highest BCUT2D eigenvalue weighted by molar-refractivity contribution is 5.94. The van der Waals surface area contributed by atoms with Crippen LogP contribution < -0.4 is 20.5 Å². The lowest BCUT2D eigenvalue weighted by Crippen LogP contribution is -2.25. The molecular weight excluding hydrogens is 346 g/mol. The molecule has 0 atom stereocenters. The van der Waals surface area contributed by atoms with Crippen molar-refractivity contribution in [2.75, 3.05) is 13.2 Å². The maximum Gasteiger partial charge on any atom is 0.387 e. The minimum atomic E-state index is -2.85.